The van der Waals surface area contributed by atoms with Crippen molar-refractivity contribution >= 4 is 11.3 Å². The van der Waals surface area contributed by atoms with Gasteiger partial charge in [-0.2, -0.15) is 4.98 Å². The van der Waals surface area contributed by atoms with E-state index in [9.17, 15) is 0 Å². The zero-order valence-corrected chi connectivity index (χ0v) is 12.9. The van der Waals surface area contributed by atoms with Gasteiger partial charge in [0.05, 0.1) is 0 Å². The highest BCUT2D eigenvalue weighted by Gasteiger charge is 2.29. The molecule has 21 heavy (non-hydrogen) atoms. The van der Waals surface area contributed by atoms with E-state index in [2.05, 4.69) is 15.1 Å². The van der Waals surface area contributed by atoms with Crippen LogP contribution >= 0.6 is 11.3 Å². The number of thiazole rings is 1. The molecule has 0 aliphatic heterocycles. The molecule has 0 bridgehead atoms. The van der Waals surface area contributed by atoms with Crippen molar-refractivity contribution in [3.8, 4) is 11.6 Å². The molecule has 1 fully saturated rings. The molecule has 0 aromatic carbocycles. The summed E-state index contributed by atoms with van der Waals surface area (Å²) >= 11 is 1.50. The van der Waals surface area contributed by atoms with Gasteiger partial charge in [-0.05, 0) is 18.8 Å². The molecular weight excluding hydrogens is 288 g/mol. The zero-order chi connectivity index (χ0) is 14.7. The predicted molar refractivity (Wildman–Crippen MR) is 79.6 cm³/mol. The number of rotatable bonds is 5. The molecule has 0 saturated heterocycles. The summed E-state index contributed by atoms with van der Waals surface area (Å²) in [5.74, 6) is 1.55. The van der Waals surface area contributed by atoms with Crippen LogP contribution in [0.25, 0.3) is 11.6 Å². The van der Waals surface area contributed by atoms with E-state index in [4.69, 9.17) is 15.0 Å². The van der Waals surface area contributed by atoms with E-state index < -0.39 is 0 Å². The van der Waals surface area contributed by atoms with Crippen LogP contribution in [0.5, 0.6) is 0 Å². The minimum Gasteiger partial charge on any atom is -0.373 e. The molecule has 0 amide bonds. The number of ether oxygens (including phenoxy) is 1. The molecule has 1 atom stereocenters. The lowest BCUT2D eigenvalue weighted by Crippen LogP contribution is -2.19. The van der Waals surface area contributed by atoms with Gasteiger partial charge in [0.25, 0.3) is 5.89 Å². The Morgan fingerprint density at radius 2 is 2.19 bits per heavy atom. The van der Waals surface area contributed by atoms with Crippen molar-refractivity contribution in [3.63, 3.8) is 0 Å². The normalized spacial score (nSPS) is 18.0. The van der Waals surface area contributed by atoms with Gasteiger partial charge in [-0.3, -0.25) is 0 Å². The standard InChI is InChI=1S/C14H20N4O2S/c1-19-12(9-5-3-2-4-6-9)13-17-14(20-18-13)10-8-21-11(7-15)16-10/h8-9,12H,2-7,15H2,1H3. The van der Waals surface area contributed by atoms with Crippen LogP contribution in [0.2, 0.25) is 0 Å². The van der Waals surface area contributed by atoms with Crippen molar-refractivity contribution in [3.05, 3.63) is 16.2 Å². The lowest BCUT2D eigenvalue weighted by atomic mass is 9.85. The summed E-state index contributed by atoms with van der Waals surface area (Å²) in [5.41, 5.74) is 6.27. The smallest absolute Gasteiger partial charge is 0.277 e. The molecule has 2 aromatic heterocycles. The van der Waals surface area contributed by atoms with Gasteiger partial charge in [0.1, 0.15) is 16.8 Å². The number of nitrogens with two attached hydrogens (primary N) is 1. The van der Waals surface area contributed by atoms with Crippen LogP contribution in [0.4, 0.5) is 0 Å². The van der Waals surface area contributed by atoms with Crippen molar-refractivity contribution in [2.24, 2.45) is 11.7 Å². The molecule has 114 valence electrons. The topological polar surface area (TPSA) is 87.1 Å². The summed E-state index contributed by atoms with van der Waals surface area (Å²) in [6.45, 7) is 0.425. The van der Waals surface area contributed by atoms with Gasteiger partial charge >= 0.3 is 0 Å². The van der Waals surface area contributed by atoms with E-state index in [1.807, 2.05) is 5.38 Å². The fraction of sp³-hybridized carbons (Fsp3) is 0.643. The Hall–Kier alpha value is -1.31. The first-order valence-electron chi connectivity index (χ1n) is 7.33. The lowest BCUT2D eigenvalue weighted by Gasteiger charge is -2.26. The molecule has 3 rings (SSSR count). The molecular formula is C14H20N4O2S. The Bertz CT molecular complexity index is 577. The van der Waals surface area contributed by atoms with E-state index in [1.54, 1.807) is 7.11 Å². The Labute approximate surface area is 127 Å². The van der Waals surface area contributed by atoms with Gasteiger partial charge in [0.15, 0.2) is 0 Å². The second kappa shape index (κ2) is 6.64. The van der Waals surface area contributed by atoms with E-state index in [0.29, 0.717) is 29.9 Å². The largest absolute Gasteiger partial charge is 0.373 e. The van der Waals surface area contributed by atoms with Crippen LogP contribution in [0, 0.1) is 5.92 Å². The van der Waals surface area contributed by atoms with Crippen LogP contribution in [0.15, 0.2) is 9.90 Å². The number of hydrogen-bond donors (Lipinski definition) is 1. The molecule has 2 N–H and O–H groups in total. The third-order valence-electron chi connectivity index (χ3n) is 3.97. The molecule has 7 heteroatoms. The van der Waals surface area contributed by atoms with Crippen molar-refractivity contribution in [2.45, 2.75) is 44.8 Å². The first-order chi connectivity index (χ1) is 10.3. The number of nitrogens with zero attached hydrogens (tertiary/aromatic N) is 3. The van der Waals surface area contributed by atoms with E-state index >= 15 is 0 Å². The van der Waals surface area contributed by atoms with Gasteiger partial charge in [-0.1, -0.05) is 24.4 Å². The van der Waals surface area contributed by atoms with Crippen LogP contribution in [-0.2, 0) is 11.3 Å². The van der Waals surface area contributed by atoms with Crippen LogP contribution in [-0.4, -0.2) is 22.2 Å². The molecule has 6 nitrogen and oxygen atoms in total. The molecule has 0 radical (unpaired) electrons. The highest BCUT2D eigenvalue weighted by molar-refractivity contribution is 7.09. The summed E-state index contributed by atoms with van der Waals surface area (Å²) in [6, 6.07) is 0. The van der Waals surface area contributed by atoms with E-state index in [-0.39, 0.29) is 6.10 Å². The van der Waals surface area contributed by atoms with Crippen LogP contribution in [0.3, 0.4) is 0 Å². The summed E-state index contributed by atoms with van der Waals surface area (Å²) in [5, 5.41) is 6.85. The summed E-state index contributed by atoms with van der Waals surface area (Å²) in [4.78, 5) is 8.84. The molecule has 2 heterocycles. The number of methoxy groups -OCH3 is 1. The van der Waals surface area contributed by atoms with Gasteiger partial charge < -0.3 is 15.0 Å². The van der Waals surface area contributed by atoms with E-state index in [0.717, 1.165) is 17.8 Å². The SMILES string of the molecule is COC(c1noc(-c2csc(CN)n2)n1)C1CCCCC1. The lowest BCUT2D eigenvalue weighted by molar-refractivity contribution is 0.0274. The number of aromatic nitrogens is 3. The monoisotopic (exact) mass is 308 g/mol. The molecule has 0 spiro atoms. The molecule has 1 aliphatic carbocycles. The fourth-order valence-corrected chi connectivity index (χ4v) is 3.55. The highest BCUT2D eigenvalue weighted by atomic mass is 32.1. The average molecular weight is 308 g/mol. The predicted octanol–water partition coefficient (Wildman–Crippen LogP) is 2.92. The van der Waals surface area contributed by atoms with Crippen molar-refractivity contribution in [1.82, 2.24) is 15.1 Å². The second-order valence-corrected chi connectivity index (χ2v) is 6.29. The van der Waals surface area contributed by atoms with Crippen molar-refractivity contribution in [1.29, 1.82) is 0 Å². The van der Waals surface area contributed by atoms with Gasteiger partial charge in [0, 0.05) is 19.0 Å². The minimum absolute atomic E-state index is 0.0876. The fourth-order valence-electron chi connectivity index (χ4n) is 2.90. The molecule has 1 aliphatic rings. The first-order valence-corrected chi connectivity index (χ1v) is 8.21. The van der Waals surface area contributed by atoms with E-state index in [1.165, 1.54) is 30.6 Å². The first kappa shape index (κ1) is 14.6. The Kier molecular flexibility index (Phi) is 4.62. The molecule has 1 saturated carbocycles. The Morgan fingerprint density at radius 3 is 2.86 bits per heavy atom. The average Bonchev–Trinajstić information content (AvgIpc) is 3.18. The maximum absolute atomic E-state index is 5.63. The third kappa shape index (κ3) is 3.14. The summed E-state index contributed by atoms with van der Waals surface area (Å²) in [7, 11) is 1.71. The second-order valence-electron chi connectivity index (χ2n) is 5.34. The maximum atomic E-state index is 5.63. The highest BCUT2D eigenvalue weighted by Crippen LogP contribution is 2.36. The van der Waals surface area contributed by atoms with Crippen LogP contribution < -0.4 is 5.73 Å². The molecule has 2 aromatic rings. The van der Waals surface area contributed by atoms with Gasteiger partial charge in [-0.25, -0.2) is 4.98 Å². The van der Waals surface area contributed by atoms with Crippen molar-refractivity contribution in [2.75, 3.05) is 7.11 Å². The van der Waals surface area contributed by atoms with Crippen LogP contribution in [0.1, 0.15) is 49.0 Å². The summed E-state index contributed by atoms with van der Waals surface area (Å²) < 4.78 is 11.0. The Balaban J connectivity index is 1.78. The molecule has 1 unspecified atom stereocenters. The summed E-state index contributed by atoms with van der Waals surface area (Å²) in [6.07, 6.45) is 6.05. The quantitative estimate of drug-likeness (QED) is 0.913. The Morgan fingerprint density at radius 1 is 1.38 bits per heavy atom. The third-order valence-corrected chi connectivity index (χ3v) is 4.84. The van der Waals surface area contributed by atoms with Crippen molar-refractivity contribution < 1.29 is 9.26 Å². The zero-order valence-electron chi connectivity index (χ0n) is 12.1. The van der Waals surface area contributed by atoms with Gasteiger partial charge in [-0.15, -0.1) is 11.3 Å². The van der Waals surface area contributed by atoms with Gasteiger partial charge in [0.2, 0.25) is 5.82 Å². The maximum Gasteiger partial charge on any atom is 0.277 e. The number of hydrogen-bond acceptors (Lipinski definition) is 7. The minimum atomic E-state index is -0.0876.